The van der Waals surface area contributed by atoms with E-state index in [4.69, 9.17) is 0 Å². The molecule has 0 bridgehead atoms. The lowest BCUT2D eigenvalue weighted by atomic mass is 9.85. The number of rotatable bonds is 2. The van der Waals surface area contributed by atoms with Crippen molar-refractivity contribution in [3.8, 4) is 0 Å². The number of hydrogen-bond acceptors (Lipinski definition) is 5. The van der Waals surface area contributed by atoms with Gasteiger partial charge in [-0.3, -0.25) is 9.78 Å². The average molecular weight is 476 g/mol. The molecule has 1 saturated heterocycles. The Kier molecular flexibility index (Phi) is 5.44. The van der Waals surface area contributed by atoms with Gasteiger partial charge in [-0.05, 0) is 43.5 Å². The Labute approximate surface area is 193 Å². The number of alkyl halides is 3. The van der Waals surface area contributed by atoms with E-state index in [-0.39, 0.29) is 49.0 Å². The highest BCUT2D eigenvalue weighted by molar-refractivity contribution is 5.92. The van der Waals surface area contributed by atoms with Gasteiger partial charge in [-0.25, -0.2) is 4.39 Å². The van der Waals surface area contributed by atoms with E-state index in [9.17, 15) is 22.4 Å². The number of aromatic nitrogens is 4. The van der Waals surface area contributed by atoms with Gasteiger partial charge in [-0.2, -0.15) is 13.2 Å². The zero-order valence-electron chi connectivity index (χ0n) is 18.8. The van der Waals surface area contributed by atoms with Gasteiger partial charge < -0.3 is 14.4 Å². The van der Waals surface area contributed by atoms with E-state index in [0.29, 0.717) is 19.5 Å². The van der Waals surface area contributed by atoms with E-state index in [2.05, 4.69) is 20.1 Å². The summed E-state index contributed by atoms with van der Waals surface area (Å²) in [4.78, 5) is 21.5. The third-order valence-electron chi connectivity index (χ3n) is 6.76. The summed E-state index contributed by atoms with van der Waals surface area (Å²) in [6.45, 7) is 5.33. The number of pyridine rings is 1. The van der Waals surface area contributed by atoms with Crippen LogP contribution in [0.4, 0.5) is 23.2 Å². The molecule has 7 nitrogen and oxygen atoms in total. The molecule has 2 aliphatic heterocycles. The zero-order valence-corrected chi connectivity index (χ0v) is 18.8. The molecule has 0 saturated carbocycles. The number of fused-ring (bicyclic) bond motifs is 2. The minimum atomic E-state index is -4.57. The van der Waals surface area contributed by atoms with Crippen molar-refractivity contribution in [2.45, 2.75) is 39.5 Å². The van der Waals surface area contributed by atoms with Gasteiger partial charge in [0.1, 0.15) is 5.82 Å². The molecule has 180 valence electrons. The number of anilines is 1. The Morgan fingerprint density at radius 1 is 1.12 bits per heavy atom. The van der Waals surface area contributed by atoms with Crippen molar-refractivity contribution < 1.29 is 22.4 Å². The molecule has 2 aromatic heterocycles. The first kappa shape index (κ1) is 22.5. The molecule has 1 amide bonds. The van der Waals surface area contributed by atoms with E-state index in [1.807, 2.05) is 19.9 Å². The van der Waals surface area contributed by atoms with E-state index in [1.165, 1.54) is 12.1 Å². The molecule has 2 aliphatic rings. The summed E-state index contributed by atoms with van der Waals surface area (Å²) in [5.74, 6) is -1.52. The van der Waals surface area contributed by atoms with Gasteiger partial charge in [0.15, 0.2) is 5.82 Å². The van der Waals surface area contributed by atoms with Crippen LogP contribution in [0.1, 0.15) is 30.7 Å². The van der Waals surface area contributed by atoms with E-state index in [0.717, 1.165) is 26.9 Å². The average Bonchev–Trinajstić information content (AvgIpc) is 3.22. The Hall–Kier alpha value is -3.24. The van der Waals surface area contributed by atoms with E-state index in [1.54, 1.807) is 11.0 Å². The van der Waals surface area contributed by atoms with Crippen LogP contribution in [0, 0.1) is 24.6 Å². The molecular weight excluding hydrogens is 452 g/mol. The fourth-order valence-corrected chi connectivity index (χ4v) is 5.09. The second-order valence-corrected chi connectivity index (χ2v) is 9.11. The molecule has 11 heteroatoms. The second-order valence-electron chi connectivity index (χ2n) is 9.11. The van der Waals surface area contributed by atoms with Crippen molar-refractivity contribution >= 4 is 22.5 Å². The van der Waals surface area contributed by atoms with Gasteiger partial charge >= 0.3 is 6.18 Å². The molecule has 3 aromatic rings. The molecule has 4 heterocycles. The van der Waals surface area contributed by atoms with Crippen LogP contribution in [0.5, 0.6) is 0 Å². The summed E-state index contributed by atoms with van der Waals surface area (Å²) in [6, 6.07) is 6.48. The number of piperidine rings is 1. The number of amides is 1. The topological polar surface area (TPSA) is 67.2 Å². The number of carbonyl (C=O) groups excluding carboxylic acids is 1. The van der Waals surface area contributed by atoms with Crippen LogP contribution >= 0.6 is 0 Å². The molecule has 0 spiro atoms. The van der Waals surface area contributed by atoms with Gasteiger partial charge in [-0.1, -0.05) is 6.92 Å². The predicted molar refractivity (Wildman–Crippen MR) is 116 cm³/mol. The predicted octanol–water partition coefficient (Wildman–Crippen LogP) is 3.80. The smallest absolute Gasteiger partial charge is 0.371 e. The molecule has 0 N–H and O–H groups in total. The largest absolute Gasteiger partial charge is 0.451 e. The van der Waals surface area contributed by atoms with Crippen LogP contribution in [0.3, 0.4) is 0 Å². The van der Waals surface area contributed by atoms with Crippen molar-refractivity contribution in [3.63, 3.8) is 0 Å². The lowest BCUT2D eigenvalue weighted by molar-refractivity contribution is -0.148. The molecule has 0 aliphatic carbocycles. The normalized spacial score (nSPS) is 21.1. The standard InChI is InChI=1S/C23H24F4N6O/c1-13-11-31(19-9-14(2)28-18-4-3-15(24)10-17(18)19)6-5-16(13)21(34)32-7-8-33-20(12-32)29-30-22(33)23(25,26)27/h3-4,9-10,13,16H,5-8,11-12H2,1-2H3. The Morgan fingerprint density at radius 2 is 1.91 bits per heavy atom. The highest BCUT2D eigenvalue weighted by Crippen LogP contribution is 2.35. The van der Waals surface area contributed by atoms with Gasteiger partial charge in [0.25, 0.3) is 0 Å². The summed E-state index contributed by atoms with van der Waals surface area (Å²) < 4.78 is 54.3. The highest BCUT2D eigenvalue weighted by atomic mass is 19.4. The molecule has 1 aromatic carbocycles. The summed E-state index contributed by atoms with van der Waals surface area (Å²) in [5, 5.41) is 7.69. The molecule has 5 rings (SSSR count). The van der Waals surface area contributed by atoms with Gasteiger partial charge in [-0.15, -0.1) is 10.2 Å². The molecule has 2 unspecified atom stereocenters. The second kappa shape index (κ2) is 8.21. The van der Waals surface area contributed by atoms with Crippen LogP contribution in [0.2, 0.25) is 0 Å². The van der Waals surface area contributed by atoms with Gasteiger partial charge in [0.05, 0.1) is 12.1 Å². The lowest BCUT2D eigenvalue weighted by Gasteiger charge is -2.40. The van der Waals surface area contributed by atoms with Crippen LogP contribution < -0.4 is 4.90 Å². The Bertz CT molecular complexity index is 1260. The van der Waals surface area contributed by atoms with E-state index < -0.39 is 12.0 Å². The maximum Gasteiger partial charge on any atom is 0.451 e. The monoisotopic (exact) mass is 476 g/mol. The first-order chi connectivity index (χ1) is 16.1. The minimum absolute atomic E-state index is 0.00358. The first-order valence-corrected chi connectivity index (χ1v) is 11.2. The third-order valence-corrected chi connectivity index (χ3v) is 6.76. The van der Waals surface area contributed by atoms with Crippen LogP contribution in [-0.4, -0.2) is 50.2 Å². The zero-order chi connectivity index (χ0) is 24.2. The number of hydrogen-bond donors (Lipinski definition) is 0. The first-order valence-electron chi connectivity index (χ1n) is 11.2. The molecule has 34 heavy (non-hydrogen) atoms. The number of aryl methyl sites for hydroxylation is 1. The lowest BCUT2D eigenvalue weighted by Crippen LogP contribution is -2.49. The van der Waals surface area contributed by atoms with Gasteiger partial charge in [0.2, 0.25) is 11.7 Å². The highest BCUT2D eigenvalue weighted by Gasteiger charge is 2.41. The summed E-state index contributed by atoms with van der Waals surface area (Å²) in [5.41, 5.74) is 2.44. The van der Waals surface area contributed by atoms with Gasteiger partial charge in [0, 0.05) is 48.9 Å². The van der Waals surface area contributed by atoms with Crippen molar-refractivity contribution in [2.24, 2.45) is 11.8 Å². The maximum absolute atomic E-state index is 13.9. The number of nitrogens with zero attached hydrogens (tertiary/aromatic N) is 6. The Morgan fingerprint density at radius 3 is 2.65 bits per heavy atom. The number of carbonyl (C=O) groups is 1. The van der Waals surface area contributed by atoms with Crippen molar-refractivity contribution in [1.82, 2.24) is 24.6 Å². The Balaban J connectivity index is 1.32. The third kappa shape index (κ3) is 3.97. The summed E-state index contributed by atoms with van der Waals surface area (Å²) in [6.07, 6.45) is -3.98. The van der Waals surface area contributed by atoms with Crippen molar-refractivity contribution in [2.75, 3.05) is 24.5 Å². The molecule has 2 atom stereocenters. The van der Waals surface area contributed by atoms with Crippen molar-refractivity contribution in [1.29, 1.82) is 0 Å². The summed E-state index contributed by atoms with van der Waals surface area (Å²) in [7, 11) is 0. The molecule has 1 fully saturated rings. The quantitative estimate of drug-likeness (QED) is 0.527. The number of benzene rings is 1. The maximum atomic E-state index is 13.9. The van der Waals surface area contributed by atoms with Crippen molar-refractivity contribution in [3.05, 3.63) is 47.4 Å². The summed E-state index contributed by atoms with van der Waals surface area (Å²) >= 11 is 0. The van der Waals surface area contributed by atoms with E-state index >= 15 is 0 Å². The number of halogens is 4. The molecule has 0 radical (unpaired) electrons. The fraction of sp³-hybridized carbons (Fsp3) is 0.478. The van der Waals surface area contributed by atoms with Crippen LogP contribution in [0.15, 0.2) is 24.3 Å². The van der Waals surface area contributed by atoms with Crippen LogP contribution in [-0.2, 0) is 24.1 Å². The molecular formula is C23H24F4N6O. The van der Waals surface area contributed by atoms with Crippen LogP contribution in [0.25, 0.3) is 10.9 Å². The fourth-order valence-electron chi connectivity index (χ4n) is 5.09. The minimum Gasteiger partial charge on any atom is -0.371 e. The SMILES string of the molecule is Cc1cc(N2CCC(C(=O)N3CCn4c(nnc4C(F)(F)F)C3)C(C)C2)c2cc(F)ccc2n1.